The van der Waals surface area contributed by atoms with Gasteiger partial charge in [0.05, 0.1) is 26.6 Å². The van der Waals surface area contributed by atoms with E-state index < -0.39 is 60.1 Å². The summed E-state index contributed by atoms with van der Waals surface area (Å²) < 4.78 is 126. The normalized spacial score (nSPS) is 16.2. The molecular weight excluding hydrogens is 368 g/mol. The number of carboxylic acid groups (broad SMARTS) is 1. The van der Waals surface area contributed by atoms with Crippen molar-refractivity contribution in [2.75, 3.05) is 27.2 Å². The van der Waals surface area contributed by atoms with Crippen LogP contribution in [0.2, 0.25) is 0 Å². The van der Waals surface area contributed by atoms with E-state index in [9.17, 15) is 53.8 Å². The molecule has 0 saturated heterocycles. The molecule has 1 atom stereocenters. The van der Waals surface area contributed by atoms with Gasteiger partial charge in [-0.05, 0) is 0 Å². The Balaban J connectivity index is 5.33. The average Bonchev–Trinajstić information content (AvgIpc) is 2.32. The fraction of sp³-hybridized carbons (Fsp3) is 0.909. The lowest BCUT2D eigenvalue weighted by Crippen LogP contribution is -2.64. The summed E-state index contributed by atoms with van der Waals surface area (Å²) in [5.41, 5.74) is 0. The topological polar surface area (TPSA) is 40.1 Å². The molecule has 0 heterocycles. The number of hydrogen-bond donors (Lipinski definition) is 0. The van der Waals surface area contributed by atoms with Gasteiger partial charge in [-0.25, -0.2) is 4.39 Å². The van der Waals surface area contributed by atoms with Crippen molar-refractivity contribution < 1.29 is 58.3 Å². The first kappa shape index (κ1) is 22.7. The zero-order chi connectivity index (χ0) is 19.8. The number of aliphatic carboxylic acids is 1. The lowest BCUT2D eigenvalue weighted by Gasteiger charge is -2.36. The number of quaternary nitrogens is 1. The van der Waals surface area contributed by atoms with Crippen LogP contribution in [-0.2, 0) is 4.79 Å². The summed E-state index contributed by atoms with van der Waals surface area (Å²) in [5.74, 6) is -22.2. The van der Waals surface area contributed by atoms with E-state index in [2.05, 4.69) is 0 Å². The minimum Gasteiger partial charge on any atom is -0.544 e. The SMILES string of the molecule is C[N+](C)(CCC(F)C(F)(F)C(F)(F)C(F)(F)C(F)(F)F)CC(=O)[O-]. The van der Waals surface area contributed by atoms with Gasteiger partial charge in [0.2, 0.25) is 0 Å². The van der Waals surface area contributed by atoms with E-state index in [1.165, 1.54) is 0 Å². The third kappa shape index (κ3) is 4.42. The van der Waals surface area contributed by atoms with Crippen LogP contribution in [0.25, 0.3) is 0 Å². The second-order valence-electron chi connectivity index (χ2n) is 5.72. The molecule has 0 aromatic rings. The third-order valence-electron chi connectivity index (χ3n) is 3.11. The highest BCUT2D eigenvalue weighted by molar-refractivity contribution is 5.65. The molecule has 0 aromatic carbocycles. The smallest absolute Gasteiger partial charge is 0.460 e. The highest BCUT2D eigenvalue weighted by Crippen LogP contribution is 2.54. The molecule has 0 saturated carbocycles. The molecule has 0 aromatic heterocycles. The van der Waals surface area contributed by atoms with Gasteiger partial charge in [0.15, 0.2) is 6.17 Å². The first-order valence-electron chi connectivity index (χ1n) is 6.15. The fourth-order valence-corrected chi connectivity index (χ4v) is 1.66. The Morgan fingerprint density at radius 2 is 1.38 bits per heavy atom. The van der Waals surface area contributed by atoms with Crippen LogP contribution < -0.4 is 5.11 Å². The van der Waals surface area contributed by atoms with Gasteiger partial charge in [-0.1, -0.05) is 0 Å². The number of hydrogen-bond acceptors (Lipinski definition) is 2. The summed E-state index contributed by atoms with van der Waals surface area (Å²) in [4.78, 5) is 10.3. The molecule has 0 radical (unpaired) electrons. The molecule has 0 fully saturated rings. The maximum absolute atomic E-state index is 13.4. The van der Waals surface area contributed by atoms with Crippen LogP contribution in [0.4, 0.5) is 43.9 Å². The highest BCUT2D eigenvalue weighted by Gasteiger charge is 2.83. The monoisotopic (exact) mass is 381 g/mol. The lowest BCUT2D eigenvalue weighted by molar-refractivity contribution is -0.885. The maximum Gasteiger partial charge on any atom is 0.460 e. The second-order valence-corrected chi connectivity index (χ2v) is 5.72. The van der Waals surface area contributed by atoms with Gasteiger partial charge in [0, 0.05) is 6.42 Å². The van der Waals surface area contributed by atoms with Crippen LogP contribution in [-0.4, -0.2) is 67.8 Å². The molecule has 0 amide bonds. The first-order chi connectivity index (χ1) is 10.3. The molecule has 3 nitrogen and oxygen atoms in total. The number of rotatable bonds is 8. The molecule has 0 rings (SSSR count). The van der Waals surface area contributed by atoms with Gasteiger partial charge in [-0.3, -0.25) is 0 Å². The number of alkyl halides is 10. The van der Waals surface area contributed by atoms with Crippen molar-refractivity contribution in [1.82, 2.24) is 0 Å². The van der Waals surface area contributed by atoms with Crippen molar-refractivity contribution in [2.24, 2.45) is 0 Å². The highest BCUT2D eigenvalue weighted by atomic mass is 19.4. The Morgan fingerprint density at radius 3 is 1.71 bits per heavy atom. The number of halogens is 10. The quantitative estimate of drug-likeness (QED) is 0.477. The summed E-state index contributed by atoms with van der Waals surface area (Å²) >= 11 is 0. The molecule has 0 bridgehead atoms. The fourth-order valence-electron chi connectivity index (χ4n) is 1.66. The van der Waals surface area contributed by atoms with Gasteiger partial charge in [-0.15, -0.1) is 0 Å². The van der Waals surface area contributed by atoms with Crippen molar-refractivity contribution in [3.63, 3.8) is 0 Å². The van der Waals surface area contributed by atoms with Crippen LogP contribution in [0.3, 0.4) is 0 Å². The number of likely N-dealkylation sites (N-methyl/N-ethyl adjacent to an activating group) is 1. The number of nitrogens with zero attached hydrogens (tertiary/aromatic N) is 1. The van der Waals surface area contributed by atoms with E-state index in [4.69, 9.17) is 0 Å². The molecule has 24 heavy (non-hydrogen) atoms. The van der Waals surface area contributed by atoms with Crippen molar-refractivity contribution >= 4 is 5.97 Å². The molecule has 0 spiro atoms. The number of carbonyl (C=O) groups is 1. The summed E-state index contributed by atoms with van der Waals surface area (Å²) in [7, 11) is 2.09. The average molecular weight is 381 g/mol. The van der Waals surface area contributed by atoms with Crippen molar-refractivity contribution in [1.29, 1.82) is 0 Å². The zero-order valence-corrected chi connectivity index (χ0v) is 12.2. The van der Waals surface area contributed by atoms with E-state index in [-0.39, 0.29) is 0 Å². The van der Waals surface area contributed by atoms with Gasteiger partial charge in [0.25, 0.3) is 0 Å². The Bertz CT molecular complexity index is 460. The predicted octanol–water partition coefficient (Wildman–Crippen LogP) is 2.01. The molecule has 1 unspecified atom stereocenters. The van der Waals surface area contributed by atoms with E-state index in [1.807, 2.05) is 0 Å². The third-order valence-corrected chi connectivity index (χ3v) is 3.11. The second kappa shape index (κ2) is 6.56. The Morgan fingerprint density at radius 1 is 0.958 bits per heavy atom. The summed E-state index contributed by atoms with van der Waals surface area (Å²) in [6.45, 7) is -1.72. The van der Waals surface area contributed by atoms with Crippen LogP contribution in [0.1, 0.15) is 6.42 Å². The van der Waals surface area contributed by atoms with Crippen molar-refractivity contribution in [2.45, 2.75) is 36.5 Å². The minimum absolute atomic E-state index is 0.750. The van der Waals surface area contributed by atoms with Crippen molar-refractivity contribution in [3.8, 4) is 0 Å². The van der Waals surface area contributed by atoms with Gasteiger partial charge in [-0.2, -0.15) is 39.5 Å². The Hall–Kier alpha value is -1.27. The summed E-state index contributed by atoms with van der Waals surface area (Å²) in [6.07, 6.45) is -12.7. The van der Waals surface area contributed by atoms with E-state index in [1.54, 1.807) is 0 Å². The maximum atomic E-state index is 13.4. The molecule has 0 aliphatic carbocycles. The van der Waals surface area contributed by atoms with E-state index in [0.717, 1.165) is 14.1 Å². The largest absolute Gasteiger partial charge is 0.544 e. The molecular formula is C11H13F10NO2. The summed E-state index contributed by atoms with van der Waals surface area (Å²) in [6, 6.07) is 0. The van der Waals surface area contributed by atoms with Gasteiger partial charge < -0.3 is 14.4 Å². The standard InChI is InChI=1S/C11H13F10NO2/c1-22(2,5-7(23)24)4-3-6(12)8(13,14)9(15,16)10(17,18)11(19,20)21/h6H,3-5H2,1-2H3. The summed E-state index contributed by atoms with van der Waals surface area (Å²) in [5, 5.41) is 10.3. The molecule has 0 aliphatic rings. The number of carboxylic acids is 1. The zero-order valence-electron chi connectivity index (χ0n) is 12.2. The van der Waals surface area contributed by atoms with Crippen LogP contribution in [0, 0.1) is 0 Å². The molecule has 0 N–H and O–H groups in total. The van der Waals surface area contributed by atoms with E-state index in [0.29, 0.717) is 0 Å². The molecule has 0 aliphatic heterocycles. The predicted molar refractivity (Wildman–Crippen MR) is 57.3 cm³/mol. The van der Waals surface area contributed by atoms with Gasteiger partial charge >= 0.3 is 23.9 Å². The molecule has 13 heteroatoms. The number of carbonyl (C=O) groups excluding carboxylic acids is 1. The lowest BCUT2D eigenvalue weighted by atomic mass is 9.97. The van der Waals surface area contributed by atoms with Crippen molar-refractivity contribution in [3.05, 3.63) is 0 Å². The van der Waals surface area contributed by atoms with Crippen LogP contribution >= 0.6 is 0 Å². The van der Waals surface area contributed by atoms with Crippen LogP contribution in [0.5, 0.6) is 0 Å². The Kier molecular flexibility index (Phi) is 6.21. The molecule has 144 valence electrons. The van der Waals surface area contributed by atoms with Crippen LogP contribution in [0.15, 0.2) is 0 Å². The van der Waals surface area contributed by atoms with E-state index >= 15 is 0 Å². The first-order valence-corrected chi connectivity index (χ1v) is 6.15. The Labute approximate surface area is 129 Å². The minimum atomic E-state index is -7.16. The van der Waals surface area contributed by atoms with Gasteiger partial charge in [0.1, 0.15) is 6.54 Å².